The predicted octanol–water partition coefficient (Wildman–Crippen LogP) is 15.7. The number of phenolic OH excluding ortho intramolecular Hbond substituents is 3. The molecular weight excluding hydrogens is 1390 g/mol. The summed E-state index contributed by atoms with van der Waals surface area (Å²) in [5.41, 5.74) is 1.69. The van der Waals surface area contributed by atoms with Crippen LogP contribution in [0.15, 0.2) is 193 Å². The normalized spacial score (nSPS) is 14.8. The number of carboxylic acids is 3. The first-order valence-electron chi connectivity index (χ1n) is 32.3. The largest absolute Gasteiger partial charge is 0.506 e. The fraction of sp³-hybridized carbons (Fsp3) is 0.292. The van der Waals surface area contributed by atoms with E-state index in [2.05, 4.69) is 19.5 Å². The second kappa shape index (κ2) is 33.4. The lowest BCUT2D eigenvalue weighted by Gasteiger charge is -2.24. The number of nitrogens with one attached hydrogen (secondary N) is 4. The van der Waals surface area contributed by atoms with Crippen molar-refractivity contribution < 1.29 is 79.7 Å². The van der Waals surface area contributed by atoms with Gasteiger partial charge in [-0.05, 0) is 143 Å². The maximum Gasteiger partial charge on any atom is 0.313 e. The van der Waals surface area contributed by atoms with Crippen molar-refractivity contribution in [2.75, 3.05) is 36.7 Å². The van der Waals surface area contributed by atoms with Crippen molar-refractivity contribution in [3.05, 3.63) is 164 Å². The van der Waals surface area contributed by atoms with Crippen molar-refractivity contribution in [1.29, 1.82) is 0 Å². The number of fused-ring (bicyclic) bond motifs is 3. The highest BCUT2D eigenvalue weighted by Gasteiger charge is 2.25. The van der Waals surface area contributed by atoms with Gasteiger partial charge < -0.3 is 45.4 Å². The lowest BCUT2D eigenvalue weighted by Crippen LogP contribution is -2.22. The van der Waals surface area contributed by atoms with Crippen LogP contribution >= 0.6 is 35.3 Å². The molecule has 27 heteroatoms. The molecule has 9 aromatic carbocycles. The number of aliphatic carboxylic acids is 3. The van der Waals surface area contributed by atoms with Crippen LogP contribution in [0, 0.1) is 0 Å². The van der Waals surface area contributed by atoms with Gasteiger partial charge in [0.15, 0.2) is 0 Å². The first-order chi connectivity index (χ1) is 47.5. The molecule has 0 radical (unpaired) electrons. The number of thioether (sulfide) groups is 3. The van der Waals surface area contributed by atoms with Gasteiger partial charge in [-0.2, -0.15) is 0 Å². The molecule has 3 saturated carbocycles. The first kappa shape index (κ1) is 73.0. The Morgan fingerprint density at radius 3 is 1.08 bits per heavy atom. The number of hydrogen-bond acceptors (Lipinski definition) is 18. The van der Waals surface area contributed by atoms with Crippen LogP contribution in [0.4, 0.5) is 22.7 Å². The number of rotatable bonds is 24. The van der Waals surface area contributed by atoms with Crippen molar-refractivity contribution >= 4 is 138 Å². The third-order valence-corrected chi connectivity index (χ3v) is 24.0. The zero-order chi connectivity index (χ0) is 70.3. The number of anilines is 4. The molecule has 0 spiro atoms. The maximum atomic E-state index is 13.2. The van der Waals surface area contributed by atoms with Crippen LogP contribution in [0.5, 0.6) is 28.7 Å². The molecule has 0 amide bonds. The topological polar surface area (TPSA) is 342 Å². The summed E-state index contributed by atoms with van der Waals surface area (Å²) in [5.74, 6) is -2.97. The summed E-state index contributed by atoms with van der Waals surface area (Å²) in [6.07, 6.45) is 17.1. The molecule has 21 nitrogen and oxygen atoms in total. The standard InChI is InChI=1S/C24H26N2O5S2.2C24H25NO6S2/c27-23(28)15-32-22-14-21(19-8-4-5-9-20(19)24(22)29)26-33(30,31)18-12-10-17(11-13-18)25-16-6-2-1-3-7-16;26-23(27)15-32-22-14-21(19-11-4-5-12-20(19)24(22)28)25-33(29,30)18-10-6-9-17(13-18)31-16-7-2-1-3-8-16;26-23(27)15-32-22-14-21(19-8-4-5-9-20(19)24(22)28)25-33(29,30)18-12-10-17(11-13-18)31-16-6-2-1-3-7-16/h4-5,8-14,16,25-26,29H,1-3,6-7,15H2,(H,27,28);4-6,9-14,16,25,28H,1-3,7-8,15H2,(H,26,27);4-5,8-14,16,25,28H,1-3,6-7,15H2,(H,26,27). The van der Waals surface area contributed by atoms with Gasteiger partial charge in [-0.1, -0.05) is 111 Å². The maximum absolute atomic E-state index is 13.2. The van der Waals surface area contributed by atoms with E-state index >= 15 is 0 Å². The zero-order valence-corrected chi connectivity index (χ0v) is 58.6. The number of hydrogen-bond donors (Lipinski definition) is 10. The van der Waals surface area contributed by atoms with E-state index in [1.807, 2.05) is 0 Å². The van der Waals surface area contributed by atoms with E-state index in [9.17, 15) is 55.0 Å². The number of carbonyl (C=O) groups is 3. The van der Waals surface area contributed by atoms with E-state index in [-0.39, 0.29) is 88.3 Å². The van der Waals surface area contributed by atoms with Gasteiger partial charge >= 0.3 is 17.9 Å². The van der Waals surface area contributed by atoms with Gasteiger partial charge in [0.2, 0.25) is 0 Å². The predicted molar refractivity (Wildman–Crippen MR) is 389 cm³/mol. The van der Waals surface area contributed by atoms with Crippen molar-refractivity contribution in [1.82, 2.24) is 0 Å². The van der Waals surface area contributed by atoms with Gasteiger partial charge in [-0.25, -0.2) is 25.3 Å². The second-order valence-electron chi connectivity index (χ2n) is 24.0. The summed E-state index contributed by atoms with van der Waals surface area (Å²) in [6.45, 7) is 0. The smallest absolute Gasteiger partial charge is 0.313 e. The Morgan fingerprint density at radius 2 is 0.707 bits per heavy atom. The van der Waals surface area contributed by atoms with E-state index in [1.54, 1.807) is 121 Å². The van der Waals surface area contributed by atoms with Gasteiger partial charge in [0.1, 0.15) is 28.7 Å². The van der Waals surface area contributed by atoms with Crippen molar-refractivity contribution in [2.45, 2.75) is 144 Å². The average molecular weight is 1460 g/mol. The Kier molecular flexibility index (Phi) is 24.6. The lowest BCUT2D eigenvalue weighted by molar-refractivity contribution is -0.134. The molecule has 0 unspecified atom stereocenters. The SMILES string of the molecule is O=C(O)CSc1cc(NS(=O)(=O)c2ccc(NC3CCCCC3)cc2)c2ccccc2c1O.O=C(O)CSc1cc(NS(=O)(=O)c2ccc(OC3CCCCC3)cc2)c2ccccc2c1O.O=C(O)CSc1cc(NS(=O)(=O)c2cccc(OC3CCCCC3)c2)c2ccccc2c1O. The summed E-state index contributed by atoms with van der Waals surface area (Å²) in [5, 5.41) is 65.0. The van der Waals surface area contributed by atoms with Gasteiger partial charge in [-0.3, -0.25) is 28.5 Å². The molecule has 99 heavy (non-hydrogen) atoms. The first-order valence-corrected chi connectivity index (χ1v) is 39.7. The lowest BCUT2D eigenvalue weighted by atomic mass is 9.95. The Morgan fingerprint density at radius 1 is 0.374 bits per heavy atom. The third-order valence-electron chi connectivity index (χ3n) is 16.8. The van der Waals surface area contributed by atoms with Crippen LogP contribution in [0.25, 0.3) is 32.3 Å². The van der Waals surface area contributed by atoms with Crippen LogP contribution < -0.4 is 29.0 Å². The minimum Gasteiger partial charge on any atom is -0.506 e. The summed E-state index contributed by atoms with van der Waals surface area (Å²) >= 11 is 2.78. The molecular formula is C72H76N4O17S6. The van der Waals surface area contributed by atoms with Gasteiger partial charge in [0, 0.05) is 50.1 Å². The second-order valence-corrected chi connectivity index (χ2v) is 32.1. The summed E-state index contributed by atoms with van der Waals surface area (Å²) in [6, 6.07) is 44.7. The van der Waals surface area contributed by atoms with E-state index in [0.717, 1.165) is 105 Å². The number of aromatic hydroxyl groups is 3. The molecule has 522 valence electrons. The zero-order valence-electron chi connectivity index (χ0n) is 53.7. The molecule has 0 aromatic heterocycles. The van der Waals surface area contributed by atoms with Crippen LogP contribution in [-0.2, 0) is 44.5 Å². The molecule has 0 saturated heterocycles. The quantitative estimate of drug-likeness (QED) is 0.0198. The van der Waals surface area contributed by atoms with Crippen molar-refractivity contribution in [3.63, 3.8) is 0 Å². The van der Waals surface area contributed by atoms with Gasteiger partial charge in [0.25, 0.3) is 30.1 Å². The Balaban J connectivity index is 0.000000161. The highest BCUT2D eigenvalue weighted by Crippen LogP contribution is 2.44. The van der Waals surface area contributed by atoms with E-state index in [4.69, 9.17) is 24.8 Å². The molecule has 9 aromatic rings. The monoisotopic (exact) mass is 1460 g/mol. The molecule has 0 bridgehead atoms. The third kappa shape index (κ3) is 19.6. The Labute approximate surface area is 587 Å². The van der Waals surface area contributed by atoms with E-state index < -0.39 is 48.0 Å². The van der Waals surface area contributed by atoms with Crippen molar-refractivity contribution in [3.8, 4) is 28.7 Å². The fourth-order valence-electron chi connectivity index (χ4n) is 12.0. The molecule has 3 fully saturated rings. The average Bonchev–Trinajstić information content (AvgIpc) is 0.804. The highest BCUT2D eigenvalue weighted by atomic mass is 32.2. The summed E-state index contributed by atoms with van der Waals surface area (Å²) < 4.78 is 98.7. The molecule has 10 N–H and O–H groups in total. The number of sulfonamides is 3. The fourth-order valence-corrected chi connectivity index (χ4v) is 17.4. The summed E-state index contributed by atoms with van der Waals surface area (Å²) in [7, 11) is -11.8. The van der Waals surface area contributed by atoms with E-state index in [1.165, 1.54) is 74.6 Å². The molecule has 0 aliphatic heterocycles. The Bertz CT molecular complexity index is 4520. The molecule has 0 heterocycles. The minimum absolute atomic E-state index is 0.0627. The number of carboxylic acid groups (broad SMARTS) is 3. The van der Waals surface area contributed by atoms with Crippen LogP contribution in [0.3, 0.4) is 0 Å². The van der Waals surface area contributed by atoms with Crippen LogP contribution in [0.2, 0.25) is 0 Å². The number of ether oxygens (including phenoxy) is 2. The highest BCUT2D eigenvalue weighted by molar-refractivity contribution is 8.00. The van der Waals surface area contributed by atoms with E-state index in [0.29, 0.717) is 54.8 Å². The number of phenols is 3. The molecule has 3 aliphatic rings. The molecule has 3 aliphatic carbocycles. The van der Waals surface area contributed by atoms with Gasteiger partial charge in [0.05, 0.1) is 75.9 Å². The van der Waals surface area contributed by atoms with Crippen molar-refractivity contribution in [2.24, 2.45) is 0 Å². The molecule has 0 atom stereocenters. The van der Waals surface area contributed by atoms with Gasteiger partial charge in [-0.15, -0.1) is 35.3 Å². The summed E-state index contributed by atoms with van der Waals surface area (Å²) in [4.78, 5) is 34.1. The van der Waals surface area contributed by atoms with Crippen LogP contribution in [0.1, 0.15) is 96.3 Å². The van der Waals surface area contributed by atoms with Crippen LogP contribution in [-0.4, -0.2) is 109 Å². The Hall–Kier alpha value is -8.73. The minimum atomic E-state index is -3.97. The number of benzene rings is 9. The molecule has 12 rings (SSSR count).